The smallest absolute Gasteiger partial charge is 0.332 e. The Hall–Kier alpha value is -3.10. The van der Waals surface area contributed by atoms with Gasteiger partial charge in [-0.1, -0.05) is 6.07 Å². The van der Waals surface area contributed by atoms with Gasteiger partial charge in [0.05, 0.1) is 18.6 Å². The third kappa shape index (κ3) is 2.68. The van der Waals surface area contributed by atoms with Crippen molar-refractivity contribution in [2.45, 2.75) is 6.54 Å². The lowest BCUT2D eigenvalue weighted by atomic mass is 10.2. The van der Waals surface area contributed by atoms with Gasteiger partial charge >= 0.3 is 11.4 Å². The van der Waals surface area contributed by atoms with E-state index in [0.29, 0.717) is 5.56 Å². The van der Waals surface area contributed by atoms with Crippen molar-refractivity contribution in [2.24, 2.45) is 7.05 Å². The zero-order valence-corrected chi connectivity index (χ0v) is 12.0. The molecule has 0 aliphatic rings. The van der Waals surface area contributed by atoms with E-state index in [0.717, 1.165) is 15.2 Å². The third-order valence-corrected chi connectivity index (χ3v) is 3.21. The van der Waals surface area contributed by atoms with Gasteiger partial charge in [0.25, 0.3) is 5.56 Å². The summed E-state index contributed by atoms with van der Waals surface area (Å²) in [6, 6.07) is 5.45. The van der Waals surface area contributed by atoms with Crippen LogP contribution in [-0.4, -0.2) is 21.2 Å². The SMILES string of the molecule is COc1ccc(Cn2c(N)cc(=O)n(C)c2=O)cc1[N+](=O)[O-]. The van der Waals surface area contributed by atoms with E-state index in [1.807, 2.05) is 0 Å². The molecule has 0 aliphatic heterocycles. The minimum atomic E-state index is -0.594. The summed E-state index contributed by atoms with van der Waals surface area (Å²) < 4.78 is 6.98. The normalized spacial score (nSPS) is 10.5. The first-order chi connectivity index (χ1) is 10.3. The minimum Gasteiger partial charge on any atom is -0.490 e. The number of hydrogen-bond acceptors (Lipinski definition) is 6. The predicted molar refractivity (Wildman–Crippen MR) is 79.1 cm³/mol. The number of nitro groups is 1. The maximum absolute atomic E-state index is 12.0. The van der Waals surface area contributed by atoms with Gasteiger partial charge in [-0.3, -0.25) is 24.0 Å². The van der Waals surface area contributed by atoms with Crippen molar-refractivity contribution < 1.29 is 9.66 Å². The Morgan fingerprint density at radius 2 is 2.00 bits per heavy atom. The second kappa shape index (κ2) is 5.72. The summed E-state index contributed by atoms with van der Waals surface area (Å²) in [4.78, 5) is 33.9. The molecule has 1 aromatic heterocycles. The number of rotatable bonds is 4. The zero-order valence-electron chi connectivity index (χ0n) is 12.0. The van der Waals surface area contributed by atoms with E-state index < -0.39 is 16.2 Å². The summed E-state index contributed by atoms with van der Waals surface area (Å²) in [7, 11) is 2.66. The van der Waals surface area contributed by atoms with E-state index in [9.17, 15) is 19.7 Å². The van der Waals surface area contributed by atoms with Crippen molar-refractivity contribution in [1.82, 2.24) is 9.13 Å². The standard InChI is InChI=1S/C13H14N4O5/c1-15-12(18)6-11(14)16(13(15)19)7-8-3-4-10(22-2)9(5-8)17(20)21/h3-6H,7,14H2,1-2H3. The van der Waals surface area contributed by atoms with E-state index in [-0.39, 0.29) is 23.8 Å². The Morgan fingerprint density at radius 1 is 1.32 bits per heavy atom. The third-order valence-electron chi connectivity index (χ3n) is 3.21. The van der Waals surface area contributed by atoms with Crippen molar-refractivity contribution in [3.05, 3.63) is 60.8 Å². The van der Waals surface area contributed by atoms with Crippen LogP contribution in [0.2, 0.25) is 0 Å². The van der Waals surface area contributed by atoms with Crippen LogP contribution in [0.5, 0.6) is 5.75 Å². The summed E-state index contributed by atoms with van der Waals surface area (Å²) in [6.45, 7) is 0.00359. The molecule has 0 atom stereocenters. The molecule has 1 aromatic carbocycles. The lowest BCUT2D eigenvalue weighted by Gasteiger charge is -2.11. The fraction of sp³-hybridized carbons (Fsp3) is 0.231. The van der Waals surface area contributed by atoms with Gasteiger partial charge in [-0.25, -0.2) is 4.79 Å². The van der Waals surface area contributed by atoms with E-state index in [4.69, 9.17) is 10.5 Å². The largest absolute Gasteiger partial charge is 0.490 e. The molecule has 1 heterocycles. The summed E-state index contributed by atoms with van der Waals surface area (Å²) in [5.74, 6) is 0.112. The van der Waals surface area contributed by atoms with Gasteiger partial charge < -0.3 is 10.5 Å². The summed E-state index contributed by atoms with van der Waals surface area (Å²) in [5, 5.41) is 11.0. The first-order valence-electron chi connectivity index (χ1n) is 6.22. The van der Waals surface area contributed by atoms with Gasteiger partial charge in [0.2, 0.25) is 0 Å². The number of nitrogens with two attached hydrogens (primary N) is 1. The molecular weight excluding hydrogens is 292 g/mol. The molecule has 22 heavy (non-hydrogen) atoms. The van der Waals surface area contributed by atoms with Gasteiger partial charge in [0, 0.05) is 19.2 Å². The highest BCUT2D eigenvalue weighted by Crippen LogP contribution is 2.27. The Labute approximate surface area is 124 Å². The van der Waals surface area contributed by atoms with Gasteiger partial charge in [0.15, 0.2) is 5.75 Å². The molecule has 2 rings (SSSR count). The van der Waals surface area contributed by atoms with Crippen LogP contribution in [0.15, 0.2) is 33.9 Å². The molecule has 0 radical (unpaired) electrons. The van der Waals surface area contributed by atoms with E-state index >= 15 is 0 Å². The number of ether oxygens (including phenoxy) is 1. The number of methoxy groups -OCH3 is 1. The first-order valence-corrected chi connectivity index (χ1v) is 6.22. The van der Waals surface area contributed by atoms with E-state index in [2.05, 4.69) is 0 Å². The fourth-order valence-electron chi connectivity index (χ4n) is 2.01. The van der Waals surface area contributed by atoms with Crippen LogP contribution in [-0.2, 0) is 13.6 Å². The summed E-state index contributed by atoms with van der Waals surface area (Å²) in [5.41, 5.74) is 4.85. The molecule has 0 fully saturated rings. The number of nitro benzene ring substituents is 1. The van der Waals surface area contributed by atoms with Crippen LogP contribution in [0.1, 0.15) is 5.56 Å². The molecule has 0 saturated carbocycles. The average Bonchev–Trinajstić information content (AvgIpc) is 2.49. The van der Waals surface area contributed by atoms with Gasteiger partial charge in [-0.2, -0.15) is 0 Å². The van der Waals surface area contributed by atoms with Crippen molar-refractivity contribution >= 4 is 11.5 Å². The highest BCUT2D eigenvalue weighted by molar-refractivity contribution is 5.48. The summed E-state index contributed by atoms with van der Waals surface area (Å²) >= 11 is 0. The van der Waals surface area contributed by atoms with Gasteiger partial charge in [-0.05, 0) is 11.6 Å². The highest BCUT2D eigenvalue weighted by atomic mass is 16.6. The first kappa shape index (κ1) is 15.3. The predicted octanol–water partition coefficient (Wildman–Crippen LogP) is 0.0943. The van der Waals surface area contributed by atoms with E-state index in [1.54, 1.807) is 6.07 Å². The molecule has 116 valence electrons. The fourth-order valence-corrected chi connectivity index (χ4v) is 2.01. The quantitative estimate of drug-likeness (QED) is 0.631. The highest BCUT2D eigenvalue weighted by Gasteiger charge is 2.16. The maximum Gasteiger partial charge on any atom is 0.332 e. The molecule has 0 spiro atoms. The number of nitrogens with zero attached hydrogens (tertiary/aromatic N) is 3. The van der Waals surface area contributed by atoms with Crippen LogP contribution in [0.25, 0.3) is 0 Å². The number of anilines is 1. The summed E-state index contributed by atoms with van der Waals surface area (Å²) in [6.07, 6.45) is 0. The Balaban J connectivity index is 2.51. The van der Waals surface area contributed by atoms with Crippen LogP contribution in [0, 0.1) is 10.1 Å². The monoisotopic (exact) mass is 306 g/mol. The van der Waals surface area contributed by atoms with Crippen LogP contribution < -0.4 is 21.7 Å². The Morgan fingerprint density at radius 3 is 2.59 bits per heavy atom. The number of aromatic nitrogens is 2. The number of nitrogen functional groups attached to an aromatic ring is 1. The topological polar surface area (TPSA) is 122 Å². The molecule has 0 bridgehead atoms. The van der Waals surface area contributed by atoms with Gasteiger partial charge in [-0.15, -0.1) is 0 Å². The van der Waals surface area contributed by atoms with Crippen molar-refractivity contribution in [3.63, 3.8) is 0 Å². The molecule has 0 saturated heterocycles. The molecule has 9 heteroatoms. The molecule has 2 N–H and O–H groups in total. The van der Waals surface area contributed by atoms with Crippen LogP contribution in [0.3, 0.4) is 0 Å². The van der Waals surface area contributed by atoms with Gasteiger partial charge in [0.1, 0.15) is 5.82 Å². The van der Waals surface area contributed by atoms with Crippen molar-refractivity contribution in [2.75, 3.05) is 12.8 Å². The second-order valence-corrected chi connectivity index (χ2v) is 4.60. The molecule has 0 aliphatic carbocycles. The van der Waals surface area contributed by atoms with Crippen LogP contribution in [0.4, 0.5) is 11.5 Å². The van der Waals surface area contributed by atoms with Crippen molar-refractivity contribution in [1.29, 1.82) is 0 Å². The molecule has 0 unspecified atom stereocenters. The zero-order chi connectivity index (χ0) is 16.4. The molecule has 2 aromatic rings. The second-order valence-electron chi connectivity index (χ2n) is 4.60. The Bertz CT molecular complexity index is 852. The molecular formula is C13H14N4O5. The maximum atomic E-state index is 12.0. The number of benzene rings is 1. The molecule has 9 nitrogen and oxygen atoms in total. The lowest BCUT2D eigenvalue weighted by molar-refractivity contribution is -0.385. The van der Waals surface area contributed by atoms with Crippen LogP contribution >= 0.6 is 0 Å². The Kier molecular flexibility index (Phi) is 3.97. The molecule has 0 amide bonds. The number of hydrogen-bond donors (Lipinski definition) is 1. The lowest BCUT2D eigenvalue weighted by Crippen LogP contribution is -2.38. The minimum absolute atomic E-state index is 0.00359. The van der Waals surface area contributed by atoms with Crippen molar-refractivity contribution in [3.8, 4) is 5.75 Å². The average molecular weight is 306 g/mol. The van der Waals surface area contributed by atoms with E-state index in [1.165, 1.54) is 26.3 Å².